The van der Waals surface area contributed by atoms with E-state index in [1.807, 2.05) is 30.5 Å². The predicted molar refractivity (Wildman–Crippen MR) is 120 cm³/mol. The zero-order chi connectivity index (χ0) is 23.1. The molecular weight excluding hydrogens is 423 g/mol. The second-order valence-corrected chi connectivity index (χ2v) is 8.03. The van der Waals surface area contributed by atoms with E-state index in [4.69, 9.17) is 4.42 Å². The highest BCUT2D eigenvalue weighted by molar-refractivity contribution is 6.15. The highest BCUT2D eigenvalue weighted by Gasteiger charge is 2.45. The van der Waals surface area contributed by atoms with Crippen LogP contribution < -0.4 is 0 Å². The lowest BCUT2D eigenvalue weighted by Gasteiger charge is -2.27. The molecule has 5 rings (SSSR count). The number of amides is 1. The van der Waals surface area contributed by atoms with E-state index in [2.05, 4.69) is 4.98 Å². The monoisotopic (exact) mass is 444 g/mol. The van der Waals surface area contributed by atoms with Gasteiger partial charge in [0.2, 0.25) is 5.78 Å². The second-order valence-electron chi connectivity index (χ2n) is 8.03. The zero-order valence-electron chi connectivity index (χ0n) is 17.8. The summed E-state index contributed by atoms with van der Waals surface area (Å²) in [5, 5.41) is 11.7. The summed E-state index contributed by atoms with van der Waals surface area (Å²) in [7, 11) is 0. The van der Waals surface area contributed by atoms with Crippen LogP contribution in [0.1, 0.15) is 33.5 Å². The average Bonchev–Trinajstić information content (AvgIpc) is 3.50. The van der Waals surface area contributed by atoms with Crippen molar-refractivity contribution in [3.63, 3.8) is 0 Å². The molecule has 0 bridgehead atoms. The summed E-state index contributed by atoms with van der Waals surface area (Å²) in [4.78, 5) is 30.9. The quantitative estimate of drug-likeness (QED) is 0.409. The molecule has 1 atom stereocenters. The van der Waals surface area contributed by atoms with Gasteiger partial charge in [0.15, 0.2) is 11.5 Å². The molecule has 0 saturated heterocycles. The number of benzene rings is 2. The van der Waals surface area contributed by atoms with Crippen LogP contribution in [-0.2, 0) is 11.2 Å². The van der Waals surface area contributed by atoms with Gasteiger partial charge in [0.1, 0.15) is 11.6 Å². The first-order valence-corrected chi connectivity index (χ1v) is 10.6. The molecule has 2 aromatic heterocycles. The number of rotatable bonds is 6. The summed E-state index contributed by atoms with van der Waals surface area (Å²) >= 11 is 0. The zero-order valence-corrected chi connectivity index (χ0v) is 17.8. The van der Waals surface area contributed by atoms with E-state index >= 15 is 0 Å². The number of ketones is 1. The van der Waals surface area contributed by atoms with Crippen molar-refractivity contribution in [1.29, 1.82) is 0 Å². The van der Waals surface area contributed by atoms with E-state index in [0.29, 0.717) is 12.2 Å². The molecule has 7 heteroatoms. The fourth-order valence-corrected chi connectivity index (χ4v) is 4.41. The Morgan fingerprint density at radius 2 is 1.88 bits per heavy atom. The van der Waals surface area contributed by atoms with E-state index in [9.17, 15) is 19.1 Å². The number of aromatic nitrogens is 1. The van der Waals surface area contributed by atoms with E-state index in [1.165, 1.54) is 29.2 Å². The molecule has 1 aliphatic heterocycles. The number of hydrogen-bond acceptors (Lipinski definition) is 4. The van der Waals surface area contributed by atoms with Gasteiger partial charge in [-0.3, -0.25) is 9.59 Å². The number of carbonyl (C=O) groups is 2. The van der Waals surface area contributed by atoms with Gasteiger partial charge in [-0.25, -0.2) is 4.39 Å². The number of aryl methyl sites for hydroxylation is 1. The van der Waals surface area contributed by atoms with Crippen LogP contribution in [0.3, 0.4) is 0 Å². The smallest absolute Gasteiger partial charge is 0.290 e. The van der Waals surface area contributed by atoms with Crippen LogP contribution in [0.4, 0.5) is 4.39 Å². The number of aromatic amines is 1. The van der Waals surface area contributed by atoms with Gasteiger partial charge >= 0.3 is 0 Å². The highest BCUT2D eigenvalue weighted by atomic mass is 19.1. The molecule has 0 spiro atoms. The van der Waals surface area contributed by atoms with Gasteiger partial charge in [-0.1, -0.05) is 36.4 Å². The average molecular weight is 444 g/mol. The number of furan rings is 1. The fraction of sp³-hybridized carbons (Fsp3) is 0.154. The van der Waals surface area contributed by atoms with Gasteiger partial charge in [-0.2, -0.15) is 0 Å². The minimum absolute atomic E-state index is 0.0123. The first-order valence-electron chi connectivity index (χ1n) is 10.6. The maximum absolute atomic E-state index is 14.9. The SMILES string of the molecule is Cc1ccc(C(=O)C2=C(O)C(=O)N(CCc3c[nH]c4ccccc34)C2c2ccccc2F)o1. The van der Waals surface area contributed by atoms with Crippen LogP contribution in [-0.4, -0.2) is 33.2 Å². The van der Waals surface area contributed by atoms with Crippen LogP contribution in [0, 0.1) is 12.7 Å². The Hall–Kier alpha value is -4.13. The normalized spacial score (nSPS) is 16.2. The fourth-order valence-electron chi connectivity index (χ4n) is 4.41. The second kappa shape index (κ2) is 8.09. The number of aliphatic hydroxyl groups excluding tert-OH is 1. The number of aliphatic hydroxyl groups is 1. The Kier molecular flexibility index (Phi) is 5.09. The number of fused-ring (bicyclic) bond motifs is 1. The lowest BCUT2D eigenvalue weighted by atomic mass is 9.94. The number of carbonyl (C=O) groups excluding carboxylic acids is 2. The summed E-state index contributed by atoms with van der Waals surface area (Å²) in [5.74, 6) is -2.10. The maximum Gasteiger partial charge on any atom is 0.290 e. The number of hydrogen-bond donors (Lipinski definition) is 2. The third kappa shape index (κ3) is 3.51. The lowest BCUT2D eigenvalue weighted by Crippen LogP contribution is -2.33. The van der Waals surface area contributed by atoms with Crippen molar-refractivity contribution >= 4 is 22.6 Å². The van der Waals surface area contributed by atoms with Crippen molar-refractivity contribution in [2.75, 3.05) is 6.54 Å². The first-order chi connectivity index (χ1) is 16.0. The van der Waals surface area contributed by atoms with Crippen LogP contribution in [0.2, 0.25) is 0 Å². The molecular formula is C26H21FN2O4. The molecule has 0 fully saturated rings. The van der Waals surface area contributed by atoms with Gasteiger partial charge in [0.05, 0.1) is 11.6 Å². The molecule has 166 valence electrons. The number of para-hydroxylation sites is 1. The summed E-state index contributed by atoms with van der Waals surface area (Å²) in [5.41, 5.74) is 1.90. The molecule has 33 heavy (non-hydrogen) atoms. The molecule has 0 saturated carbocycles. The minimum Gasteiger partial charge on any atom is -0.503 e. The largest absolute Gasteiger partial charge is 0.503 e. The van der Waals surface area contributed by atoms with Crippen LogP contribution >= 0.6 is 0 Å². The number of nitrogens with one attached hydrogen (secondary N) is 1. The van der Waals surface area contributed by atoms with Crippen LogP contribution in [0.15, 0.2) is 82.6 Å². The topological polar surface area (TPSA) is 86.5 Å². The summed E-state index contributed by atoms with van der Waals surface area (Å²) in [6.45, 7) is 1.87. The van der Waals surface area contributed by atoms with Crippen molar-refractivity contribution in [2.24, 2.45) is 0 Å². The van der Waals surface area contributed by atoms with Crippen molar-refractivity contribution in [2.45, 2.75) is 19.4 Å². The maximum atomic E-state index is 14.9. The Labute approximate surface area is 188 Å². The van der Waals surface area contributed by atoms with Gasteiger partial charge in [0, 0.05) is 29.2 Å². The van der Waals surface area contributed by atoms with E-state index in [1.54, 1.807) is 19.1 Å². The molecule has 3 heterocycles. The third-order valence-corrected chi connectivity index (χ3v) is 6.01. The molecule has 2 aromatic carbocycles. The molecule has 0 aliphatic carbocycles. The van der Waals surface area contributed by atoms with Gasteiger partial charge in [-0.05, 0) is 43.2 Å². The van der Waals surface area contributed by atoms with E-state index < -0.39 is 29.3 Å². The van der Waals surface area contributed by atoms with Crippen molar-refractivity contribution in [3.05, 3.63) is 107 Å². The van der Waals surface area contributed by atoms with Crippen molar-refractivity contribution in [1.82, 2.24) is 9.88 Å². The van der Waals surface area contributed by atoms with Crippen molar-refractivity contribution in [3.8, 4) is 0 Å². The molecule has 1 aliphatic rings. The standard InChI is InChI=1S/C26H21FN2O4/c1-15-10-11-21(33-15)24(30)22-23(18-7-2-4-8-19(18)27)29(26(32)25(22)31)13-12-16-14-28-20-9-5-3-6-17(16)20/h2-11,14,23,28,31H,12-13H2,1H3. The molecule has 1 amide bonds. The summed E-state index contributed by atoms with van der Waals surface area (Å²) in [6.07, 6.45) is 2.32. The summed E-state index contributed by atoms with van der Waals surface area (Å²) < 4.78 is 20.3. The van der Waals surface area contributed by atoms with Crippen LogP contribution in [0.25, 0.3) is 10.9 Å². The van der Waals surface area contributed by atoms with E-state index in [0.717, 1.165) is 16.5 Å². The molecule has 2 N–H and O–H groups in total. The van der Waals surface area contributed by atoms with E-state index in [-0.39, 0.29) is 23.4 Å². The molecule has 4 aromatic rings. The van der Waals surface area contributed by atoms with Crippen LogP contribution in [0.5, 0.6) is 0 Å². The molecule has 1 unspecified atom stereocenters. The lowest BCUT2D eigenvalue weighted by molar-refractivity contribution is -0.129. The number of Topliss-reactive ketones (excluding diaryl/α,β-unsaturated/α-hetero) is 1. The first kappa shape index (κ1) is 20.8. The van der Waals surface area contributed by atoms with Gasteiger partial charge in [0.25, 0.3) is 5.91 Å². The predicted octanol–water partition coefficient (Wildman–Crippen LogP) is 5.03. The number of H-pyrrole nitrogens is 1. The Morgan fingerprint density at radius 3 is 2.64 bits per heavy atom. The number of halogens is 1. The minimum atomic E-state index is -1.07. The summed E-state index contributed by atoms with van der Waals surface area (Å²) in [6, 6.07) is 15.8. The van der Waals surface area contributed by atoms with Gasteiger partial charge < -0.3 is 19.4 Å². The Bertz CT molecular complexity index is 1410. The molecule has 0 radical (unpaired) electrons. The van der Waals surface area contributed by atoms with Gasteiger partial charge in [-0.15, -0.1) is 0 Å². The highest BCUT2D eigenvalue weighted by Crippen LogP contribution is 2.40. The Balaban J connectivity index is 1.53. The molecule has 6 nitrogen and oxygen atoms in total. The van der Waals surface area contributed by atoms with Crippen molar-refractivity contribution < 1.29 is 23.5 Å². The number of nitrogens with zero attached hydrogens (tertiary/aromatic N) is 1. The Morgan fingerprint density at radius 1 is 1.12 bits per heavy atom. The third-order valence-electron chi connectivity index (χ3n) is 6.01.